The van der Waals surface area contributed by atoms with E-state index in [0.717, 1.165) is 24.2 Å². The number of carbonyl (C=O) groups excluding carboxylic acids is 2. The normalized spacial score (nSPS) is 16.1. The monoisotopic (exact) mass is 677 g/mol. The van der Waals surface area contributed by atoms with Crippen LogP contribution in [0.4, 0.5) is 0 Å². The van der Waals surface area contributed by atoms with Gasteiger partial charge in [-0.1, -0.05) is 51.1 Å². The highest BCUT2D eigenvalue weighted by molar-refractivity contribution is 6.74. The largest absolute Gasteiger partial charge is 0.491 e. The summed E-state index contributed by atoms with van der Waals surface area (Å²) in [5, 5.41) is 3.38. The van der Waals surface area contributed by atoms with E-state index in [1.807, 2.05) is 69.3 Å². The fraction of sp³-hybridized carbons (Fsp3) is 0.474. The van der Waals surface area contributed by atoms with E-state index in [4.69, 9.17) is 28.1 Å². The van der Waals surface area contributed by atoms with Gasteiger partial charge in [-0.25, -0.2) is 4.79 Å². The molecule has 0 bridgehead atoms. The maximum atomic E-state index is 13.8. The van der Waals surface area contributed by atoms with Gasteiger partial charge >= 0.3 is 11.9 Å². The molecule has 0 saturated carbocycles. The molecule has 3 aromatic rings. The molecular formula is C38H51NO8Si. The Kier molecular flexibility index (Phi) is 12.0. The lowest BCUT2D eigenvalue weighted by atomic mass is 10.0. The van der Waals surface area contributed by atoms with Crippen molar-refractivity contribution >= 4 is 20.3 Å². The average molecular weight is 678 g/mol. The quantitative estimate of drug-likeness (QED) is 0.144. The molecule has 3 aromatic carbocycles. The number of aryl methyl sites for hydroxylation is 1. The van der Waals surface area contributed by atoms with E-state index in [1.54, 1.807) is 24.3 Å². The summed E-state index contributed by atoms with van der Waals surface area (Å²) in [6, 6.07) is 21.3. The zero-order valence-electron chi connectivity index (χ0n) is 29.8. The molecule has 260 valence electrons. The Hall–Kier alpha value is -3.86. The summed E-state index contributed by atoms with van der Waals surface area (Å²) in [6.07, 6.45) is 0.662. The summed E-state index contributed by atoms with van der Waals surface area (Å²) < 4.78 is 36.4. The second-order valence-corrected chi connectivity index (χ2v) is 19.4. The lowest BCUT2D eigenvalue weighted by Crippen LogP contribution is -2.58. The molecule has 0 amide bonds. The predicted octanol–water partition coefficient (Wildman–Crippen LogP) is 7.73. The Morgan fingerprint density at radius 3 is 2.29 bits per heavy atom. The Bertz CT molecular complexity index is 1530. The third-order valence-corrected chi connectivity index (χ3v) is 13.1. The number of fused-ring (bicyclic) bond motifs is 1. The van der Waals surface area contributed by atoms with Crippen LogP contribution in [-0.4, -0.2) is 64.4 Å². The molecule has 1 unspecified atom stereocenters. The van der Waals surface area contributed by atoms with Crippen LogP contribution in [0.3, 0.4) is 0 Å². The standard InChI is InChI=1S/C38H51NO8Si/c1-37(2,3)46-36(41)34(33(47-48(8,9)38(4,5)6)25-43-27-15-11-10-12-16-27)39-24-29-20-19-26-23-28(21-22-31(26)45-29)44-32-18-14-13-17-30(32)35(40)42-7/h10-18,21-23,29,33-34,39H,19-20,24-25H2,1-9H3/t29-,33-,34?/m1/s1. The number of esters is 2. The Morgan fingerprint density at radius 2 is 1.62 bits per heavy atom. The number of rotatable bonds is 13. The van der Waals surface area contributed by atoms with Gasteiger partial charge in [-0.05, 0) is 99.8 Å². The summed E-state index contributed by atoms with van der Waals surface area (Å²) in [4.78, 5) is 26.0. The molecular weight excluding hydrogens is 627 g/mol. The molecule has 0 radical (unpaired) electrons. The van der Waals surface area contributed by atoms with Gasteiger partial charge in [0.1, 0.15) is 59.0 Å². The molecule has 3 atom stereocenters. The molecule has 0 aromatic heterocycles. The molecule has 4 rings (SSSR count). The number of methoxy groups -OCH3 is 1. The van der Waals surface area contributed by atoms with Crippen LogP contribution in [0, 0.1) is 0 Å². The van der Waals surface area contributed by atoms with Gasteiger partial charge in [-0.15, -0.1) is 0 Å². The van der Waals surface area contributed by atoms with Crippen LogP contribution in [0.15, 0.2) is 72.8 Å². The first-order valence-corrected chi connectivity index (χ1v) is 19.4. The van der Waals surface area contributed by atoms with Crippen molar-refractivity contribution in [1.29, 1.82) is 0 Å². The minimum atomic E-state index is -2.33. The molecule has 0 aliphatic carbocycles. The van der Waals surface area contributed by atoms with Crippen LogP contribution >= 0.6 is 0 Å². The summed E-state index contributed by atoms with van der Waals surface area (Å²) in [5.74, 6) is 1.61. The highest BCUT2D eigenvalue weighted by Gasteiger charge is 2.43. The lowest BCUT2D eigenvalue weighted by Gasteiger charge is -2.41. The molecule has 48 heavy (non-hydrogen) atoms. The summed E-state index contributed by atoms with van der Waals surface area (Å²) >= 11 is 0. The predicted molar refractivity (Wildman–Crippen MR) is 189 cm³/mol. The molecule has 1 aliphatic heterocycles. The highest BCUT2D eigenvalue weighted by atomic mass is 28.4. The summed E-state index contributed by atoms with van der Waals surface area (Å²) in [6.45, 7) is 17.0. The lowest BCUT2D eigenvalue weighted by molar-refractivity contribution is -0.161. The maximum absolute atomic E-state index is 13.8. The summed E-state index contributed by atoms with van der Waals surface area (Å²) in [5.41, 5.74) is 0.666. The van der Waals surface area contributed by atoms with Crippen molar-refractivity contribution in [3.05, 3.63) is 83.9 Å². The third-order valence-electron chi connectivity index (χ3n) is 8.59. The molecule has 1 aliphatic rings. The molecule has 0 spiro atoms. The van der Waals surface area contributed by atoms with Crippen molar-refractivity contribution in [2.75, 3.05) is 20.3 Å². The van der Waals surface area contributed by atoms with Crippen LogP contribution < -0.4 is 19.5 Å². The van der Waals surface area contributed by atoms with Gasteiger partial charge < -0.3 is 28.1 Å². The van der Waals surface area contributed by atoms with E-state index in [-0.39, 0.29) is 17.7 Å². The Balaban J connectivity index is 1.51. The van der Waals surface area contributed by atoms with Crippen molar-refractivity contribution in [2.45, 2.75) is 96.4 Å². The highest BCUT2D eigenvalue weighted by Crippen LogP contribution is 2.38. The average Bonchev–Trinajstić information content (AvgIpc) is 3.02. The van der Waals surface area contributed by atoms with E-state index in [0.29, 0.717) is 29.4 Å². The molecule has 1 heterocycles. The van der Waals surface area contributed by atoms with E-state index in [1.165, 1.54) is 7.11 Å². The molecule has 0 saturated heterocycles. The second-order valence-electron chi connectivity index (χ2n) is 14.6. The second kappa shape index (κ2) is 15.6. The van der Waals surface area contributed by atoms with Gasteiger partial charge in [0, 0.05) is 6.54 Å². The van der Waals surface area contributed by atoms with Gasteiger partial charge in [0.15, 0.2) is 8.32 Å². The number of carbonyl (C=O) groups is 2. The smallest absolute Gasteiger partial charge is 0.341 e. The first-order chi connectivity index (χ1) is 22.6. The summed E-state index contributed by atoms with van der Waals surface area (Å²) in [7, 11) is -0.988. The third kappa shape index (κ3) is 10.1. The molecule has 10 heteroatoms. The van der Waals surface area contributed by atoms with Crippen LogP contribution in [0.5, 0.6) is 23.0 Å². The fourth-order valence-corrected chi connectivity index (χ4v) is 6.34. The maximum Gasteiger partial charge on any atom is 0.341 e. The first kappa shape index (κ1) is 37.0. The van der Waals surface area contributed by atoms with E-state index >= 15 is 0 Å². The van der Waals surface area contributed by atoms with Crippen molar-refractivity contribution in [3.63, 3.8) is 0 Å². The van der Waals surface area contributed by atoms with Crippen molar-refractivity contribution in [1.82, 2.24) is 5.32 Å². The van der Waals surface area contributed by atoms with Crippen LogP contribution in [0.1, 0.15) is 63.9 Å². The van der Waals surface area contributed by atoms with Gasteiger partial charge in [-0.2, -0.15) is 0 Å². The number of benzene rings is 3. The Morgan fingerprint density at radius 1 is 0.938 bits per heavy atom. The van der Waals surface area contributed by atoms with E-state index in [2.05, 4.69) is 39.2 Å². The zero-order chi connectivity index (χ0) is 35.1. The SMILES string of the molecule is COC(=O)c1ccccc1Oc1ccc2c(c1)CC[C@H](CNC(C(=O)OC(C)(C)C)[C@@H](COc1ccccc1)O[Si](C)(C)C(C)(C)C)O2. The first-order valence-electron chi connectivity index (χ1n) is 16.5. The molecule has 9 nitrogen and oxygen atoms in total. The number of hydrogen-bond acceptors (Lipinski definition) is 9. The Labute approximate surface area is 286 Å². The molecule has 1 N–H and O–H groups in total. The molecule has 0 fully saturated rings. The van der Waals surface area contributed by atoms with Gasteiger partial charge in [0.2, 0.25) is 0 Å². The number of para-hydroxylation sites is 2. The van der Waals surface area contributed by atoms with Gasteiger partial charge in [0.25, 0.3) is 0 Å². The topological polar surface area (TPSA) is 102 Å². The minimum absolute atomic E-state index is 0.0867. The van der Waals surface area contributed by atoms with E-state index in [9.17, 15) is 9.59 Å². The fourth-order valence-electron chi connectivity index (χ4n) is 5.03. The van der Waals surface area contributed by atoms with Crippen molar-refractivity contribution in [3.8, 4) is 23.0 Å². The van der Waals surface area contributed by atoms with Gasteiger partial charge in [-0.3, -0.25) is 10.1 Å². The number of hydrogen-bond donors (Lipinski definition) is 1. The number of nitrogens with one attached hydrogen (secondary N) is 1. The van der Waals surface area contributed by atoms with E-state index < -0.39 is 38.0 Å². The van der Waals surface area contributed by atoms with Crippen molar-refractivity contribution < 1.29 is 37.7 Å². The number of ether oxygens (including phenoxy) is 5. The zero-order valence-corrected chi connectivity index (χ0v) is 30.8. The van der Waals surface area contributed by atoms with Crippen LogP contribution in [0.2, 0.25) is 18.1 Å². The van der Waals surface area contributed by atoms with Crippen molar-refractivity contribution in [2.24, 2.45) is 0 Å². The van der Waals surface area contributed by atoms with Crippen LogP contribution in [-0.2, 0) is 25.1 Å². The van der Waals surface area contributed by atoms with Crippen LogP contribution in [0.25, 0.3) is 0 Å². The minimum Gasteiger partial charge on any atom is -0.491 e. The van der Waals surface area contributed by atoms with Gasteiger partial charge in [0.05, 0.1) is 7.11 Å².